The fourth-order valence-electron chi connectivity index (χ4n) is 3.01. The lowest BCUT2D eigenvalue weighted by Gasteiger charge is -2.29. The van der Waals surface area contributed by atoms with Crippen molar-refractivity contribution in [3.05, 3.63) is 102 Å². The molecule has 0 saturated heterocycles. The highest BCUT2D eigenvalue weighted by atomic mass is 16.2. The molecule has 0 unspecified atom stereocenters. The second-order valence-electron chi connectivity index (χ2n) is 6.60. The topological polar surface area (TPSA) is 42.0 Å². The van der Waals surface area contributed by atoms with Gasteiger partial charge in [-0.3, -0.25) is 9.78 Å². The number of aromatic nitrogens is 1. The first-order valence-corrected chi connectivity index (χ1v) is 8.40. The van der Waals surface area contributed by atoms with Crippen molar-refractivity contribution in [3.8, 4) is 0 Å². The van der Waals surface area contributed by atoms with E-state index in [1.165, 1.54) is 0 Å². The second kappa shape index (κ2) is 7.31. The van der Waals surface area contributed by atoms with Crippen LogP contribution in [0.15, 0.2) is 85.2 Å². The Morgan fingerprint density at radius 2 is 1.32 bits per heavy atom. The van der Waals surface area contributed by atoms with Crippen molar-refractivity contribution in [1.29, 1.82) is 0 Å². The van der Waals surface area contributed by atoms with Crippen molar-refractivity contribution in [2.45, 2.75) is 25.3 Å². The van der Waals surface area contributed by atoms with Gasteiger partial charge in [-0.05, 0) is 42.7 Å². The Balaban J connectivity index is 1.93. The molecule has 1 N–H and O–H groups in total. The number of carbonyl (C=O) groups excluding carboxylic acids is 1. The van der Waals surface area contributed by atoms with Gasteiger partial charge in [0.2, 0.25) is 5.91 Å². The molecule has 0 atom stereocenters. The minimum Gasteiger partial charge on any atom is -0.346 e. The first-order chi connectivity index (χ1) is 12.1. The maximum Gasteiger partial charge on any atom is 0.232 e. The molecule has 3 rings (SSSR count). The largest absolute Gasteiger partial charge is 0.346 e. The monoisotopic (exact) mass is 330 g/mol. The van der Waals surface area contributed by atoms with E-state index in [2.05, 4.69) is 10.3 Å². The summed E-state index contributed by atoms with van der Waals surface area (Å²) in [6.45, 7) is 4.01. The van der Waals surface area contributed by atoms with Gasteiger partial charge in [0, 0.05) is 12.4 Å². The molecule has 1 aromatic heterocycles. The van der Waals surface area contributed by atoms with Crippen LogP contribution >= 0.6 is 0 Å². The molecule has 3 nitrogen and oxygen atoms in total. The van der Waals surface area contributed by atoms with Gasteiger partial charge in [0.1, 0.15) is 0 Å². The second-order valence-corrected chi connectivity index (χ2v) is 6.60. The number of nitrogens with one attached hydrogen (secondary N) is 1. The van der Waals surface area contributed by atoms with Crippen LogP contribution in [0.3, 0.4) is 0 Å². The fraction of sp³-hybridized carbons (Fsp3) is 0.182. The third-order valence-corrected chi connectivity index (χ3v) is 4.37. The van der Waals surface area contributed by atoms with E-state index < -0.39 is 5.54 Å². The number of nitrogens with zero attached hydrogens (tertiary/aromatic N) is 1. The fourth-order valence-corrected chi connectivity index (χ4v) is 3.01. The maximum absolute atomic E-state index is 13.2. The Hall–Kier alpha value is -2.94. The lowest BCUT2D eigenvalue weighted by Crippen LogP contribution is -2.43. The minimum atomic E-state index is -0.484. The zero-order valence-corrected chi connectivity index (χ0v) is 14.5. The Bertz CT molecular complexity index is 775. The minimum absolute atomic E-state index is 0.0146. The van der Waals surface area contributed by atoms with E-state index in [-0.39, 0.29) is 11.8 Å². The average molecular weight is 330 g/mol. The van der Waals surface area contributed by atoms with E-state index in [0.29, 0.717) is 0 Å². The normalized spacial score (nSPS) is 11.3. The van der Waals surface area contributed by atoms with Crippen molar-refractivity contribution >= 4 is 5.91 Å². The molecule has 3 heteroatoms. The standard InChI is InChI=1S/C22H22N2O/c1-22(2,19-13-15-23-16-14-19)24-21(25)20(17-9-5-3-6-10-17)18-11-7-4-8-12-18/h3-16,20H,1-2H3,(H,24,25). The third-order valence-electron chi connectivity index (χ3n) is 4.37. The third kappa shape index (κ3) is 3.94. The van der Waals surface area contributed by atoms with Crippen molar-refractivity contribution in [3.63, 3.8) is 0 Å². The molecule has 0 bridgehead atoms. The smallest absolute Gasteiger partial charge is 0.232 e. The van der Waals surface area contributed by atoms with Crippen LogP contribution in [0.1, 0.15) is 36.5 Å². The highest BCUT2D eigenvalue weighted by molar-refractivity contribution is 5.87. The molecule has 25 heavy (non-hydrogen) atoms. The molecule has 1 amide bonds. The molecular weight excluding hydrogens is 308 g/mol. The number of hydrogen-bond donors (Lipinski definition) is 1. The summed E-state index contributed by atoms with van der Waals surface area (Å²) in [5.41, 5.74) is 2.51. The summed E-state index contributed by atoms with van der Waals surface area (Å²) >= 11 is 0. The maximum atomic E-state index is 13.2. The van der Waals surface area contributed by atoms with Gasteiger partial charge in [0.05, 0.1) is 11.5 Å². The Kier molecular flexibility index (Phi) is 4.94. The van der Waals surface area contributed by atoms with E-state index in [0.717, 1.165) is 16.7 Å². The number of hydrogen-bond acceptors (Lipinski definition) is 2. The quantitative estimate of drug-likeness (QED) is 0.759. The van der Waals surface area contributed by atoms with Gasteiger partial charge in [0.25, 0.3) is 0 Å². The average Bonchev–Trinajstić information content (AvgIpc) is 2.64. The van der Waals surface area contributed by atoms with Crippen LogP contribution in [0.25, 0.3) is 0 Å². The zero-order valence-electron chi connectivity index (χ0n) is 14.5. The van der Waals surface area contributed by atoms with E-state index in [4.69, 9.17) is 0 Å². The number of amides is 1. The van der Waals surface area contributed by atoms with Crippen molar-refractivity contribution in [2.75, 3.05) is 0 Å². The molecule has 2 aromatic carbocycles. The summed E-state index contributed by atoms with van der Waals surface area (Å²) in [6.07, 6.45) is 3.49. The van der Waals surface area contributed by atoms with Crippen LogP contribution < -0.4 is 5.32 Å². The van der Waals surface area contributed by atoms with E-state index in [9.17, 15) is 4.79 Å². The van der Waals surface area contributed by atoms with E-state index in [1.807, 2.05) is 86.6 Å². The first kappa shape index (κ1) is 16.9. The summed E-state index contributed by atoms with van der Waals surface area (Å²) in [5, 5.41) is 3.20. The zero-order chi connectivity index (χ0) is 17.7. The van der Waals surface area contributed by atoms with Crippen LogP contribution in [0, 0.1) is 0 Å². The summed E-state index contributed by atoms with van der Waals surface area (Å²) in [6, 6.07) is 23.6. The Morgan fingerprint density at radius 1 is 0.840 bits per heavy atom. The lowest BCUT2D eigenvalue weighted by molar-refractivity contribution is -0.123. The molecule has 0 aliphatic rings. The SMILES string of the molecule is CC(C)(NC(=O)C(c1ccccc1)c1ccccc1)c1ccncc1. The van der Waals surface area contributed by atoms with Crippen molar-refractivity contribution in [1.82, 2.24) is 10.3 Å². The molecule has 0 fully saturated rings. The highest BCUT2D eigenvalue weighted by Crippen LogP contribution is 2.27. The molecule has 0 spiro atoms. The summed E-state index contributed by atoms with van der Waals surface area (Å²) in [7, 11) is 0. The predicted molar refractivity (Wildman–Crippen MR) is 100 cm³/mol. The van der Waals surface area contributed by atoms with Gasteiger partial charge in [-0.2, -0.15) is 0 Å². The number of rotatable bonds is 5. The van der Waals surface area contributed by atoms with Crippen LogP contribution in [0.4, 0.5) is 0 Å². The highest BCUT2D eigenvalue weighted by Gasteiger charge is 2.29. The lowest BCUT2D eigenvalue weighted by atomic mass is 9.88. The number of benzene rings is 2. The van der Waals surface area contributed by atoms with Crippen molar-refractivity contribution < 1.29 is 4.79 Å². The summed E-state index contributed by atoms with van der Waals surface area (Å²) in [4.78, 5) is 17.3. The number of pyridine rings is 1. The Labute approximate surface area is 148 Å². The summed E-state index contributed by atoms with van der Waals surface area (Å²) in [5.74, 6) is -0.359. The van der Waals surface area contributed by atoms with Crippen molar-refractivity contribution in [2.24, 2.45) is 0 Å². The molecule has 0 radical (unpaired) electrons. The van der Waals surface area contributed by atoms with Crippen LogP contribution in [0.5, 0.6) is 0 Å². The van der Waals surface area contributed by atoms with Gasteiger partial charge >= 0.3 is 0 Å². The molecular formula is C22H22N2O. The molecule has 1 heterocycles. The van der Waals surface area contributed by atoms with Crippen LogP contribution in [0.2, 0.25) is 0 Å². The van der Waals surface area contributed by atoms with E-state index in [1.54, 1.807) is 12.4 Å². The van der Waals surface area contributed by atoms with Crippen LogP contribution in [-0.2, 0) is 10.3 Å². The van der Waals surface area contributed by atoms with E-state index >= 15 is 0 Å². The molecule has 0 aliphatic carbocycles. The molecule has 3 aromatic rings. The summed E-state index contributed by atoms with van der Waals surface area (Å²) < 4.78 is 0. The van der Waals surface area contributed by atoms with Gasteiger partial charge in [0.15, 0.2) is 0 Å². The molecule has 0 aliphatic heterocycles. The molecule has 0 saturated carbocycles. The Morgan fingerprint density at radius 3 is 1.80 bits per heavy atom. The van der Waals surface area contributed by atoms with Gasteiger partial charge in [-0.15, -0.1) is 0 Å². The van der Waals surface area contributed by atoms with Gasteiger partial charge in [-0.25, -0.2) is 0 Å². The van der Waals surface area contributed by atoms with Gasteiger partial charge in [-0.1, -0.05) is 60.7 Å². The molecule has 126 valence electrons. The van der Waals surface area contributed by atoms with Gasteiger partial charge < -0.3 is 5.32 Å². The van der Waals surface area contributed by atoms with Crippen LogP contribution in [-0.4, -0.2) is 10.9 Å². The number of carbonyl (C=O) groups is 1. The first-order valence-electron chi connectivity index (χ1n) is 8.40. The predicted octanol–water partition coefficient (Wildman–Crippen LogP) is 4.27.